The third-order valence-corrected chi connectivity index (χ3v) is 4.84. The van der Waals surface area contributed by atoms with Crippen LogP contribution in [0.2, 0.25) is 0 Å². The van der Waals surface area contributed by atoms with E-state index >= 15 is 0 Å². The van der Waals surface area contributed by atoms with Gasteiger partial charge in [0.05, 0.1) is 0 Å². The second-order valence-corrected chi connectivity index (χ2v) is 6.28. The summed E-state index contributed by atoms with van der Waals surface area (Å²) >= 11 is 3.54. The van der Waals surface area contributed by atoms with E-state index in [2.05, 4.69) is 94.6 Å². The number of aromatic nitrogens is 1. The molecule has 0 aliphatic heterocycles. The first-order valence-electron chi connectivity index (χ1n) is 7.49. The largest absolute Gasteiger partial charge is 0.265 e. The Labute approximate surface area is 140 Å². The monoisotopic (exact) mass is 351 g/mol. The summed E-state index contributed by atoms with van der Waals surface area (Å²) in [6.07, 6.45) is 4.74. The van der Waals surface area contributed by atoms with Gasteiger partial charge in [0.2, 0.25) is 0 Å². The fraction of sp³-hybridized carbons (Fsp3) is 0.150. The third kappa shape index (κ3) is 2.59. The Hall–Kier alpha value is -1.93. The molecule has 0 radical (unpaired) electrons. The topological polar surface area (TPSA) is 12.9 Å². The summed E-state index contributed by atoms with van der Waals surface area (Å²) in [4.78, 5) is 4.19. The highest BCUT2D eigenvalue weighted by atomic mass is 79.9. The lowest BCUT2D eigenvalue weighted by atomic mass is 9.68. The Balaban J connectivity index is 2.28. The first-order valence-corrected chi connectivity index (χ1v) is 8.29. The maximum absolute atomic E-state index is 4.19. The quantitative estimate of drug-likeness (QED) is 0.597. The minimum absolute atomic E-state index is 0.148. The third-order valence-electron chi connectivity index (χ3n) is 4.31. The Morgan fingerprint density at radius 2 is 1.32 bits per heavy atom. The summed E-state index contributed by atoms with van der Waals surface area (Å²) in [6, 6.07) is 23.6. The summed E-state index contributed by atoms with van der Waals surface area (Å²) < 4.78 is 1.10. The molecule has 1 unspecified atom stereocenters. The fourth-order valence-electron chi connectivity index (χ4n) is 3.21. The van der Waals surface area contributed by atoms with Crippen LogP contribution in [0.3, 0.4) is 0 Å². The van der Waals surface area contributed by atoms with E-state index in [1.165, 1.54) is 16.7 Å². The molecule has 0 saturated heterocycles. The summed E-state index contributed by atoms with van der Waals surface area (Å²) in [5, 5.41) is 0. The molecular formula is C20H18BrN. The van der Waals surface area contributed by atoms with E-state index in [9.17, 15) is 0 Å². The van der Waals surface area contributed by atoms with Gasteiger partial charge in [0.1, 0.15) is 0 Å². The summed E-state index contributed by atoms with van der Waals surface area (Å²) in [7, 11) is 0. The van der Waals surface area contributed by atoms with Gasteiger partial charge in [0, 0.05) is 22.3 Å². The van der Waals surface area contributed by atoms with Crippen molar-refractivity contribution in [1.82, 2.24) is 4.98 Å². The maximum atomic E-state index is 4.19. The van der Waals surface area contributed by atoms with Crippen LogP contribution in [0.1, 0.15) is 30.0 Å². The van der Waals surface area contributed by atoms with Crippen LogP contribution in [0.15, 0.2) is 83.6 Å². The molecule has 0 spiro atoms. The molecule has 0 fully saturated rings. The Morgan fingerprint density at radius 3 is 1.91 bits per heavy atom. The summed E-state index contributed by atoms with van der Waals surface area (Å²) in [5.41, 5.74) is 3.74. The Kier molecular flexibility index (Phi) is 4.39. The number of rotatable bonds is 4. The van der Waals surface area contributed by atoms with Crippen LogP contribution in [0.25, 0.3) is 0 Å². The first kappa shape index (κ1) is 15.0. The van der Waals surface area contributed by atoms with Crippen LogP contribution in [0.4, 0.5) is 0 Å². The van der Waals surface area contributed by atoms with Crippen molar-refractivity contribution < 1.29 is 0 Å². The standard InChI is InChI=1S/C20H18BrN/c1-2-20(16-6-4-3-5-7-16,18-12-14-22-15-13-18)17-8-10-19(21)11-9-17/h3-15H,2H2,1H3. The Bertz CT molecular complexity index is 681. The molecule has 2 aromatic carbocycles. The molecular weight excluding hydrogens is 334 g/mol. The second kappa shape index (κ2) is 6.45. The molecule has 0 N–H and O–H groups in total. The molecule has 0 aliphatic carbocycles. The van der Waals surface area contributed by atoms with Gasteiger partial charge in [-0.25, -0.2) is 0 Å². The van der Waals surface area contributed by atoms with Gasteiger partial charge in [-0.3, -0.25) is 4.98 Å². The van der Waals surface area contributed by atoms with Crippen LogP contribution in [0, 0.1) is 0 Å². The molecule has 1 heterocycles. The van der Waals surface area contributed by atoms with Gasteiger partial charge >= 0.3 is 0 Å². The van der Waals surface area contributed by atoms with Crippen molar-refractivity contribution >= 4 is 15.9 Å². The number of halogens is 1. The van der Waals surface area contributed by atoms with Crippen molar-refractivity contribution in [3.63, 3.8) is 0 Å². The number of pyridine rings is 1. The number of benzene rings is 2. The van der Waals surface area contributed by atoms with Gasteiger partial charge < -0.3 is 0 Å². The highest BCUT2D eigenvalue weighted by Gasteiger charge is 2.34. The molecule has 2 heteroatoms. The zero-order valence-corrected chi connectivity index (χ0v) is 14.1. The van der Waals surface area contributed by atoms with Crippen molar-refractivity contribution in [2.45, 2.75) is 18.8 Å². The molecule has 0 amide bonds. The zero-order chi connectivity index (χ0) is 15.4. The second-order valence-electron chi connectivity index (χ2n) is 5.37. The highest BCUT2D eigenvalue weighted by molar-refractivity contribution is 9.10. The van der Waals surface area contributed by atoms with E-state index in [-0.39, 0.29) is 5.41 Å². The van der Waals surface area contributed by atoms with Crippen molar-refractivity contribution in [1.29, 1.82) is 0 Å². The normalized spacial score (nSPS) is 13.5. The van der Waals surface area contributed by atoms with Gasteiger partial charge in [-0.15, -0.1) is 0 Å². The average molecular weight is 352 g/mol. The average Bonchev–Trinajstić information content (AvgIpc) is 2.59. The first-order chi connectivity index (χ1) is 10.8. The van der Waals surface area contributed by atoms with Gasteiger partial charge in [0.15, 0.2) is 0 Å². The van der Waals surface area contributed by atoms with Crippen molar-refractivity contribution in [2.75, 3.05) is 0 Å². The van der Waals surface area contributed by atoms with Crippen molar-refractivity contribution in [3.05, 3.63) is 100 Å². The Morgan fingerprint density at radius 1 is 0.773 bits per heavy atom. The predicted molar refractivity (Wildman–Crippen MR) is 95.0 cm³/mol. The van der Waals surface area contributed by atoms with E-state index in [1.807, 2.05) is 12.4 Å². The lowest BCUT2D eigenvalue weighted by molar-refractivity contribution is 0.593. The molecule has 22 heavy (non-hydrogen) atoms. The number of nitrogens with zero attached hydrogens (tertiary/aromatic N) is 1. The van der Waals surface area contributed by atoms with Crippen molar-refractivity contribution in [3.8, 4) is 0 Å². The van der Waals surface area contributed by atoms with Gasteiger partial charge in [-0.1, -0.05) is 65.3 Å². The van der Waals surface area contributed by atoms with Crippen LogP contribution in [0.5, 0.6) is 0 Å². The van der Waals surface area contributed by atoms with Crippen LogP contribution < -0.4 is 0 Å². The molecule has 1 atom stereocenters. The maximum Gasteiger partial charge on any atom is 0.0449 e. The van der Waals surface area contributed by atoms with Gasteiger partial charge in [-0.05, 0) is 47.4 Å². The SMILES string of the molecule is CCC(c1ccccc1)(c1ccncc1)c1ccc(Br)cc1. The van der Waals surface area contributed by atoms with Gasteiger partial charge in [0.25, 0.3) is 0 Å². The molecule has 3 rings (SSSR count). The van der Waals surface area contributed by atoms with Gasteiger partial charge in [-0.2, -0.15) is 0 Å². The fourth-order valence-corrected chi connectivity index (χ4v) is 3.47. The van der Waals surface area contributed by atoms with E-state index in [4.69, 9.17) is 0 Å². The number of hydrogen-bond acceptors (Lipinski definition) is 1. The van der Waals surface area contributed by atoms with E-state index < -0.39 is 0 Å². The van der Waals surface area contributed by atoms with E-state index in [0.29, 0.717) is 0 Å². The summed E-state index contributed by atoms with van der Waals surface area (Å²) in [5.74, 6) is 0. The minimum Gasteiger partial charge on any atom is -0.265 e. The molecule has 0 bridgehead atoms. The molecule has 1 nitrogen and oxygen atoms in total. The smallest absolute Gasteiger partial charge is 0.0449 e. The molecule has 3 aromatic rings. The van der Waals surface area contributed by atoms with Crippen LogP contribution in [-0.4, -0.2) is 4.98 Å². The number of hydrogen-bond donors (Lipinski definition) is 0. The summed E-state index contributed by atoms with van der Waals surface area (Å²) in [6.45, 7) is 2.25. The van der Waals surface area contributed by atoms with Crippen LogP contribution in [-0.2, 0) is 5.41 Å². The molecule has 0 saturated carbocycles. The zero-order valence-electron chi connectivity index (χ0n) is 12.5. The van der Waals surface area contributed by atoms with Crippen molar-refractivity contribution in [2.24, 2.45) is 0 Å². The predicted octanol–water partition coefficient (Wildman–Crippen LogP) is 5.59. The molecule has 110 valence electrons. The van der Waals surface area contributed by atoms with Crippen LogP contribution >= 0.6 is 15.9 Å². The molecule has 1 aromatic heterocycles. The molecule has 0 aliphatic rings. The van der Waals surface area contributed by atoms with E-state index in [0.717, 1.165) is 10.9 Å². The lowest BCUT2D eigenvalue weighted by Gasteiger charge is -2.35. The lowest BCUT2D eigenvalue weighted by Crippen LogP contribution is -2.28. The van der Waals surface area contributed by atoms with E-state index in [1.54, 1.807) is 0 Å². The minimum atomic E-state index is -0.148. The highest BCUT2D eigenvalue weighted by Crippen LogP contribution is 2.42.